The van der Waals surface area contributed by atoms with Crippen LogP contribution in [0.2, 0.25) is 0 Å². The molecule has 3 nitrogen and oxygen atoms in total. The molecular formula is C15H30N2O. The lowest BCUT2D eigenvalue weighted by Crippen LogP contribution is -2.44. The second-order valence-corrected chi connectivity index (χ2v) is 6.03. The first-order valence-corrected chi connectivity index (χ1v) is 7.86. The Balaban J connectivity index is 1.59. The summed E-state index contributed by atoms with van der Waals surface area (Å²) in [5.74, 6) is 0.977. The molecule has 2 fully saturated rings. The second-order valence-electron chi connectivity index (χ2n) is 6.03. The van der Waals surface area contributed by atoms with E-state index in [1.165, 1.54) is 45.2 Å². The normalized spacial score (nSPS) is 26.5. The Labute approximate surface area is 112 Å². The predicted octanol–water partition coefficient (Wildman–Crippen LogP) is 2.27. The molecule has 18 heavy (non-hydrogen) atoms. The monoisotopic (exact) mass is 254 g/mol. The third-order valence-corrected chi connectivity index (χ3v) is 4.58. The SMILES string of the molecule is CCN(CC1CCC1)C(C)CNCC1CCCO1. The lowest BCUT2D eigenvalue weighted by atomic mass is 9.85. The van der Waals surface area contributed by atoms with Crippen LogP contribution in [0.15, 0.2) is 0 Å². The van der Waals surface area contributed by atoms with Crippen LogP contribution in [0.5, 0.6) is 0 Å². The van der Waals surface area contributed by atoms with Crippen molar-refractivity contribution < 1.29 is 4.74 Å². The van der Waals surface area contributed by atoms with Gasteiger partial charge in [0.15, 0.2) is 0 Å². The molecule has 1 saturated heterocycles. The Morgan fingerprint density at radius 1 is 1.28 bits per heavy atom. The van der Waals surface area contributed by atoms with Crippen molar-refractivity contribution in [3.8, 4) is 0 Å². The molecule has 2 atom stereocenters. The average molecular weight is 254 g/mol. The first-order valence-electron chi connectivity index (χ1n) is 7.86. The molecule has 2 rings (SSSR count). The van der Waals surface area contributed by atoms with Crippen LogP contribution in [0.4, 0.5) is 0 Å². The fraction of sp³-hybridized carbons (Fsp3) is 1.00. The van der Waals surface area contributed by atoms with Crippen molar-refractivity contribution in [2.45, 2.75) is 58.1 Å². The number of nitrogens with one attached hydrogen (secondary N) is 1. The zero-order valence-corrected chi connectivity index (χ0v) is 12.2. The highest BCUT2D eigenvalue weighted by molar-refractivity contribution is 4.78. The molecule has 1 saturated carbocycles. The standard InChI is InChI=1S/C15H30N2O/c1-3-17(12-14-6-4-7-14)13(2)10-16-11-15-8-5-9-18-15/h13-16H,3-12H2,1-2H3. The van der Waals surface area contributed by atoms with E-state index in [4.69, 9.17) is 4.74 Å². The summed E-state index contributed by atoms with van der Waals surface area (Å²) in [6, 6.07) is 0.650. The maximum Gasteiger partial charge on any atom is 0.0700 e. The minimum absolute atomic E-state index is 0.471. The first-order chi connectivity index (χ1) is 8.79. The Bertz CT molecular complexity index is 225. The van der Waals surface area contributed by atoms with Gasteiger partial charge in [-0.15, -0.1) is 0 Å². The summed E-state index contributed by atoms with van der Waals surface area (Å²) in [4.78, 5) is 2.63. The minimum atomic E-state index is 0.471. The Kier molecular flexibility index (Phi) is 5.93. The molecule has 0 spiro atoms. The first kappa shape index (κ1) is 14.3. The molecule has 2 aliphatic rings. The van der Waals surface area contributed by atoms with E-state index in [1.54, 1.807) is 0 Å². The molecule has 106 valence electrons. The Morgan fingerprint density at radius 3 is 2.67 bits per heavy atom. The molecule has 1 N–H and O–H groups in total. The molecular weight excluding hydrogens is 224 g/mol. The summed E-state index contributed by atoms with van der Waals surface area (Å²) in [5.41, 5.74) is 0. The molecule has 2 unspecified atom stereocenters. The summed E-state index contributed by atoms with van der Waals surface area (Å²) in [7, 11) is 0. The van der Waals surface area contributed by atoms with Crippen LogP contribution >= 0.6 is 0 Å². The van der Waals surface area contributed by atoms with E-state index >= 15 is 0 Å². The summed E-state index contributed by atoms with van der Waals surface area (Å²) < 4.78 is 5.64. The number of hydrogen-bond acceptors (Lipinski definition) is 3. The third kappa shape index (κ3) is 4.22. The van der Waals surface area contributed by atoms with Gasteiger partial charge in [-0.25, -0.2) is 0 Å². The van der Waals surface area contributed by atoms with Crippen LogP contribution < -0.4 is 5.32 Å². The molecule has 1 aliphatic carbocycles. The summed E-state index contributed by atoms with van der Waals surface area (Å²) in [5, 5.41) is 3.58. The molecule has 3 heteroatoms. The maximum atomic E-state index is 5.64. The van der Waals surface area contributed by atoms with E-state index in [1.807, 2.05) is 0 Å². The van der Waals surface area contributed by atoms with Crippen LogP contribution in [0, 0.1) is 5.92 Å². The fourth-order valence-corrected chi connectivity index (χ4v) is 3.02. The van der Waals surface area contributed by atoms with E-state index in [-0.39, 0.29) is 0 Å². The Hall–Kier alpha value is -0.120. The van der Waals surface area contributed by atoms with E-state index < -0.39 is 0 Å². The van der Waals surface area contributed by atoms with Crippen molar-refractivity contribution in [2.24, 2.45) is 5.92 Å². The molecule has 0 bridgehead atoms. The lowest BCUT2D eigenvalue weighted by molar-refractivity contribution is 0.104. The second kappa shape index (κ2) is 7.46. The number of nitrogens with zero attached hydrogens (tertiary/aromatic N) is 1. The van der Waals surface area contributed by atoms with Crippen LogP contribution in [0.1, 0.15) is 46.0 Å². The van der Waals surface area contributed by atoms with Gasteiger partial charge in [0.05, 0.1) is 6.10 Å². The van der Waals surface area contributed by atoms with Gasteiger partial charge in [-0.1, -0.05) is 13.3 Å². The van der Waals surface area contributed by atoms with Gasteiger partial charge in [0.2, 0.25) is 0 Å². The summed E-state index contributed by atoms with van der Waals surface area (Å²) in [6.45, 7) is 10.2. The fourth-order valence-electron chi connectivity index (χ4n) is 3.02. The van der Waals surface area contributed by atoms with Crippen LogP contribution in [0.25, 0.3) is 0 Å². The third-order valence-electron chi connectivity index (χ3n) is 4.58. The van der Waals surface area contributed by atoms with Crippen molar-refractivity contribution in [3.05, 3.63) is 0 Å². The highest BCUT2D eigenvalue weighted by Gasteiger charge is 2.22. The topological polar surface area (TPSA) is 24.5 Å². The van der Waals surface area contributed by atoms with Crippen molar-refractivity contribution in [3.63, 3.8) is 0 Å². The van der Waals surface area contributed by atoms with Gasteiger partial charge < -0.3 is 10.1 Å². The van der Waals surface area contributed by atoms with E-state index in [0.29, 0.717) is 12.1 Å². The van der Waals surface area contributed by atoms with E-state index in [2.05, 4.69) is 24.1 Å². The van der Waals surface area contributed by atoms with Gasteiger partial charge in [-0.05, 0) is 45.1 Å². The van der Waals surface area contributed by atoms with E-state index in [0.717, 1.165) is 25.6 Å². The van der Waals surface area contributed by atoms with Gasteiger partial charge in [0.25, 0.3) is 0 Å². The number of rotatable bonds is 8. The zero-order valence-electron chi connectivity index (χ0n) is 12.2. The molecule has 0 aromatic heterocycles. The molecule has 0 aromatic carbocycles. The number of ether oxygens (including phenoxy) is 1. The van der Waals surface area contributed by atoms with Gasteiger partial charge in [-0.3, -0.25) is 4.90 Å². The predicted molar refractivity (Wildman–Crippen MR) is 75.9 cm³/mol. The van der Waals surface area contributed by atoms with Crippen molar-refractivity contribution in [2.75, 3.05) is 32.8 Å². The summed E-state index contributed by atoms with van der Waals surface area (Å²) in [6.07, 6.45) is 7.30. The quantitative estimate of drug-likeness (QED) is 0.719. The molecule has 0 aromatic rings. The summed E-state index contributed by atoms with van der Waals surface area (Å²) >= 11 is 0. The average Bonchev–Trinajstić information content (AvgIpc) is 2.80. The zero-order chi connectivity index (χ0) is 12.8. The lowest BCUT2D eigenvalue weighted by Gasteiger charge is -2.35. The molecule has 0 radical (unpaired) electrons. The highest BCUT2D eigenvalue weighted by Crippen LogP contribution is 2.27. The number of hydrogen-bond donors (Lipinski definition) is 1. The molecule has 0 amide bonds. The van der Waals surface area contributed by atoms with Crippen molar-refractivity contribution in [1.82, 2.24) is 10.2 Å². The van der Waals surface area contributed by atoms with Crippen LogP contribution in [0.3, 0.4) is 0 Å². The smallest absolute Gasteiger partial charge is 0.0700 e. The minimum Gasteiger partial charge on any atom is -0.377 e. The van der Waals surface area contributed by atoms with Gasteiger partial charge in [0.1, 0.15) is 0 Å². The number of likely N-dealkylation sites (N-methyl/N-ethyl adjacent to an activating group) is 1. The molecule has 1 heterocycles. The van der Waals surface area contributed by atoms with E-state index in [9.17, 15) is 0 Å². The van der Waals surface area contributed by atoms with Gasteiger partial charge in [-0.2, -0.15) is 0 Å². The highest BCUT2D eigenvalue weighted by atomic mass is 16.5. The van der Waals surface area contributed by atoms with Crippen LogP contribution in [-0.4, -0.2) is 49.8 Å². The van der Waals surface area contributed by atoms with Crippen molar-refractivity contribution in [1.29, 1.82) is 0 Å². The van der Waals surface area contributed by atoms with Gasteiger partial charge >= 0.3 is 0 Å². The van der Waals surface area contributed by atoms with Crippen LogP contribution in [-0.2, 0) is 4.74 Å². The Morgan fingerprint density at radius 2 is 2.11 bits per heavy atom. The van der Waals surface area contributed by atoms with Gasteiger partial charge in [0, 0.05) is 32.3 Å². The maximum absolute atomic E-state index is 5.64. The largest absolute Gasteiger partial charge is 0.377 e. The molecule has 1 aliphatic heterocycles. The van der Waals surface area contributed by atoms with Crippen molar-refractivity contribution >= 4 is 0 Å².